The van der Waals surface area contributed by atoms with Crippen LogP contribution < -0.4 is 0 Å². The third kappa shape index (κ3) is 6.13. The van der Waals surface area contributed by atoms with E-state index in [9.17, 15) is 17.6 Å². The van der Waals surface area contributed by atoms with E-state index in [4.69, 9.17) is 14.4 Å². The van der Waals surface area contributed by atoms with Crippen LogP contribution in [0, 0.1) is 19.7 Å². The minimum absolute atomic E-state index is 0.237. The van der Waals surface area contributed by atoms with Gasteiger partial charge >= 0.3 is 12.1 Å². The molecule has 176 valence electrons. The summed E-state index contributed by atoms with van der Waals surface area (Å²) in [5, 5.41) is 11.2. The molecule has 0 atom stereocenters. The quantitative estimate of drug-likeness (QED) is 0.581. The number of carbonyl (C=O) groups is 1. The normalized spacial score (nSPS) is 14.1. The zero-order valence-electron chi connectivity index (χ0n) is 18.0. The molecule has 1 aromatic carbocycles. The minimum Gasteiger partial charge on any atom is -0.475 e. The number of hydrogen-bond donors (Lipinski definition) is 1. The predicted octanol–water partition coefficient (Wildman–Crippen LogP) is 4.12. The first kappa shape index (κ1) is 24.3. The average Bonchev–Trinajstić information content (AvgIpc) is 2.96. The van der Waals surface area contributed by atoms with Crippen LogP contribution in [-0.2, 0) is 24.2 Å². The van der Waals surface area contributed by atoms with Gasteiger partial charge in [0.15, 0.2) is 0 Å². The number of halogens is 4. The van der Waals surface area contributed by atoms with Gasteiger partial charge in [0.1, 0.15) is 17.9 Å². The topological polar surface area (TPSA) is 92.4 Å². The van der Waals surface area contributed by atoms with Gasteiger partial charge in [0.05, 0.1) is 11.4 Å². The maximum atomic E-state index is 13.3. The molecule has 33 heavy (non-hydrogen) atoms. The molecule has 3 aromatic rings. The van der Waals surface area contributed by atoms with Gasteiger partial charge in [0, 0.05) is 48.4 Å². The SMILES string of the molecule is Cc1noc(C)c1CN1CCc2ncnc(-c3ccc(F)cc3)c2CC1.O=C(O)C(F)(F)F. The van der Waals surface area contributed by atoms with Gasteiger partial charge in [-0.15, -0.1) is 0 Å². The Kier molecular flexibility index (Phi) is 7.42. The zero-order valence-corrected chi connectivity index (χ0v) is 18.0. The highest BCUT2D eigenvalue weighted by molar-refractivity contribution is 5.73. The summed E-state index contributed by atoms with van der Waals surface area (Å²) in [7, 11) is 0. The van der Waals surface area contributed by atoms with E-state index in [1.165, 1.54) is 23.3 Å². The number of benzene rings is 1. The minimum atomic E-state index is -5.08. The van der Waals surface area contributed by atoms with Crippen molar-refractivity contribution in [1.82, 2.24) is 20.0 Å². The molecule has 0 radical (unpaired) electrons. The number of aryl methyl sites for hydroxylation is 2. The van der Waals surface area contributed by atoms with Crippen LogP contribution in [0.2, 0.25) is 0 Å². The summed E-state index contributed by atoms with van der Waals surface area (Å²) in [4.78, 5) is 20.3. The maximum absolute atomic E-state index is 13.3. The van der Waals surface area contributed by atoms with Crippen LogP contribution in [0.15, 0.2) is 35.1 Å². The summed E-state index contributed by atoms with van der Waals surface area (Å²) in [5.41, 5.74) is 6.22. The lowest BCUT2D eigenvalue weighted by Crippen LogP contribution is -2.26. The molecule has 0 fully saturated rings. The highest BCUT2D eigenvalue weighted by atomic mass is 19.4. The lowest BCUT2D eigenvalue weighted by atomic mass is 10.0. The third-order valence-electron chi connectivity index (χ3n) is 5.30. The van der Waals surface area contributed by atoms with Crippen molar-refractivity contribution in [1.29, 1.82) is 0 Å². The molecule has 0 bridgehead atoms. The van der Waals surface area contributed by atoms with Crippen LogP contribution in [0.25, 0.3) is 11.3 Å². The number of nitrogens with zero attached hydrogens (tertiary/aromatic N) is 4. The fourth-order valence-corrected chi connectivity index (χ4v) is 3.54. The molecule has 11 heteroatoms. The molecule has 2 aromatic heterocycles. The fourth-order valence-electron chi connectivity index (χ4n) is 3.54. The average molecular weight is 466 g/mol. The van der Waals surface area contributed by atoms with Gasteiger partial charge in [-0.3, -0.25) is 4.90 Å². The molecular formula is C22H22F4N4O3. The maximum Gasteiger partial charge on any atom is 0.490 e. The molecule has 0 spiro atoms. The van der Waals surface area contributed by atoms with Crippen molar-refractivity contribution in [2.45, 2.75) is 39.4 Å². The Balaban J connectivity index is 0.000000383. The second-order valence-electron chi connectivity index (χ2n) is 7.54. The first-order valence-corrected chi connectivity index (χ1v) is 10.1. The summed E-state index contributed by atoms with van der Waals surface area (Å²) in [5.74, 6) is -2.11. The second kappa shape index (κ2) is 10.1. The zero-order chi connectivity index (χ0) is 24.2. The summed E-state index contributed by atoms with van der Waals surface area (Å²) >= 11 is 0. The van der Waals surface area contributed by atoms with E-state index >= 15 is 0 Å². The number of hydrogen-bond acceptors (Lipinski definition) is 6. The second-order valence-corrected chi connectivity index (χ2v) is 7.54. The number of rotatable bonds is 3. The first-order valence-electron chi connectivity index (χ1n) is 10.1. The molecule has 1 aliphatic rings. The van der Waals surface area contributed by atoms with Crippen LogP contribution >= 0.6 is 0 Å². The Morgan fingerprint density at radius 1 is 1.12 bits per heavy atom. The highest BCUT2D eigenvalue weighted by Crippen LogP contribution is 2.27. The Morgan fingerprint density at radius 2 is 1.76 bits per heavy atom. The predicted molar refractivity (Wildman–Crippen MR) is 110 cm³/mol. The molecule has 0 saturated heterocycles. The van der Waals surface area contributed by atoms with Crippen LogP contribution in [0.1, 0.15) is 28.3 Å². The van der Waals surface area contributed by atoms with E-state index in [-0.39, 0.29) is 5.82 Å². The van der Waals surface area contributed by atoms with E-state index < -0.39 is 12.1 Å². The Labute approximate surface area is 187 Å². The van der Waals surface area contributed by atoms with Crippen LogP contribution in [0.5, 0.6) is 0 Å². The number of aromatic nitrogens is 3. The van der Waals surface area contributed by atoms with E-state index in [1.54, 1.807) is 18.5 Å². The van der Waals surface area contributed by atoms with Crippen molar-refractivity contribution in [3.8, 4) is 11.3 Å². The van der Waals surface area contributed by atoms with Gasteiger partial charge < -0.3 is 9.63 Å². The van der Waals surface area contributed by atoms with Gasteiger partial charge in [-0.05, 0) is 44.5 Å². The third-order valence-corrected chi connectivity index (χ3v) is 5.30. The lowest BCUT2D eigenvalue weighted by molar-refractivity contribution is -0.192. The molecule has 1 N–H and O–H groups in total. The first-order chi connectivity index (χ1) is 15.6. The van der Waals surface area contributed by atoms with Gasteiger partial charge in [-0.25, -0.2) is 19.2 Å². The van der Waals surface area contributed by atoms with Gasteiger partial charge in [-0.1, -0.05) is 5.16 Å². The van der Waals surface area contributed by atoms with E-state index in [0.717, 1.165) is 60.9 Å². The van der Waals surface area contributed by atoms with Gasteiger partial charge in [-0.2, -0.15) is 13.2 Å². The number of alkyl halides is 3. The smallest absolute Gasteiger partial charge is 0.475 e. The molecule has 0 amide bonds. The van der Waals surface area contributed by atoms with Crippen LogP contribution in [0.4, 0.5) is 17.6 Å². The van der Waals surface area contributed by atoms with E-state index in [0.29, 0.717) is 0 Å². The van der Waals surface area contributed by atoms with Gasteiger partial charge in [0.2, 0.25) is 0 Å². The van der Waals surface area contributed by atoms with Gasteiger partial charge in [0.25, 0.3) is 0 Å². The number of carboxylic acids is 1. The summed E-state index contributed by atoms with van der Waals surface area (Å²) in [6.45, 7) is 6.61. The van der Waals surface area contributed by atoms with Crippen molar-refractivity contribution < 1.29 is 32.0 Å². The summed E-state index contributed by atoms with van der Waals surface area (Å²) in [6.07, 6.45) is -1.73. The highest BCUT2D eigenvalue weighted by Gasteiger charge is 2.38. The molecule has 1 aliphatic heterocycles. The molecule has 0 aliphatic carbocycles. The van der Waals surface area contributed by atoms with Crippen molar-refractivity contribution in [2.75, 3.05) is 13.1 Å². The molecule has 4 rings (SSSR count). The number of aliphatic carboxylic acids is 1. The number of carboxylic acid groups (broad SMARTS) is 1. The van der Waals surface area contributed by atoms with Crippen molar-refractivity contribution in [3.63, 3.8) is 0 Å². The van der Waals surface area contributed by atoms with E-state index in [2.05, 4.69) is 20.0 Å². The molecule has 0 saturated carbocycles. The Morgan fingerprint density at radius 3 is 2.33 bits per heavy atom. The molecule has 0 unspecified atom stereocenters. The molecular weight excluding hydrogens is 444 g/mol. The van der Waals surface area contributed by atoms with Crippen molar-refractivity contribution >= 4 is 5.97 Å². The lowest BCUT2D eigenvalue weighted by Gasteiger charge is -2.19. The number of fused-ring (bicyclic) bond motifs is 1. The van der Waals surface area contributed by atoms with Crippen molar-refractivity contribution in [2.24, 2.45) is 0 Å². The Hall–Kier alpha value is -3.34. The summed E-state index contributed by atoms with van der Waals surface area (Å²) < 4.78 is 50.3. The Bertz CT molecular complexity index is 1090. The monoisotopic (exact) mass is 466 g/mol. The fraction of sp³-hybridized carbons (Fsp3) is 0.364. The summed E-state index contributed by atoms with van der Waals surface area (Å²) in [6, 6.07) is 6.52. The van der Waals surface area contributed by atoms with Crippen molar-refractivity contribution in [3.05, 3.63) is 64.7 Å². The molecule has 7 nitrogen and oxygen atoms in total. The van der Waals surface area contributed by atoms with Crippen LogP contribution in [-0.4, -0.2) is 50.4 Å². The largest absolute Gasteiger partial charge is 0.490 e. The van der Waals surface area contributed by atoms with E-state index in [1.807, 2.05) is 13.8 Å². The van der Waals surface area contributed by atoms with Crippen LogP contribution in [0.3, 0.4) is 0 Å². The standard InChI is InChI=1S/C20H21FN4O.C2HF3O2/c1-13-18(14(2)26-24-13)11-25-9-7-17-19(8-10-25)22-12-23-20(17)15-3-5-16(21)6-4-15;3-2(4,5)1(6)7/h3-6,12H,7-11H2,1-2H3;(H,6,7). The molecule has 3 heterocycles.